The van der Waals surface area contributed by atoms with Gasteiger partial charge < -0.3 is 15.0 Å². The summed E-state index contributed by atoms with van der Waals surface area (Å²) in [5.41, 5.74) is -0.386. The topological polar surface area (TPSA) is 41.6 Å². The Hall–Kier alpha value is -0.770. The Morgan fingerprint density at radius 1 is 1.30 bits per heavy atom. The minimum atomic E-state index is -0.386. The first-order chi connectivity index (χ1) is 9.44. The van der Waals surface area contributed by atoms with Gasteiger partial charge in [0.1, 0.15) is 5.60 Å². The largest absolute Gasteiger partial charge is 0.444 e. The second-order valence-electron chi connectivity index (χ2n) is 7.82. The van der Waals surface area contributed by atoms with Crippen LogP contribution in [0.15, 0.2) is 0 Å². The van der Waals surface area contributed by atoms with E-state index in [-0.39, 0.29) is 11.7 Å². The molecule has 0 spiro atoms. The monoisotopic (exact) mass is 280 g/mol. The summed E-state index contributed by atoms with van der Waals surface area (Å²) in [6, 6.07) is 0. The summed E-state index contributed by atoms with van der Waals surface area (Å²) in [4.78, 5) is 14.1. The summed E-state index contributed by atoms with van der Waals surface area (Å²) >= 11 is 0. The van der Waals surface area contributed by atoms with Crippen molar-refractivity contribution >= 4 is 6.09 Å². The van der Waals surface area contributed by atoms with E-state index in [1.807, 2.05) is 25.7 Å². The lowest BCUT2D eigenvalue weighted by Gasteiger charge is -2.34. The molecule has 20 heavy (non-hydrogen) atoms. The Kier molecular flexibility index (Phi) is 3.69. The average molecular weight is 280 g/mol. The zero-order valence-corrected chi connectivity index (χ0v) is 13.0. The molecule has 0 radical (unpaired) electrons. The molecule has 0 bridgehead atoms. The number of nitrogens with one attached hydrogen (secondary N) is 1. The normalized spacial score (nSPS) is 36.6. The predicted octanol–water partition coefficient (Wildman–Crippen LogP) is 2.49. The van der Waals surface area contributed by atoms with E-state index in [1.165, 1.54) is 25.9 Å². The van der Waals surface area contributed by atoms with Gasteiger partial charge in [0, 0.05) is 13.1 Å². The van der Waals surface area contributed by atoms with Crippen LogP contribution in [-0.2, 0) is 4.74 Å². The summed E-state index contributed by atoms with van der Waals surface area (Å²) in [6.45, 7) is 10.0. The summed E-state index contributed by atoms with van der Waals surface area (Å²) in [7, 11) is 0. The number of rotatable bonds is 2. The van der Waals surface area contributed by atoms with Crippen molar-refractivity contribution in [3.05, 3.63) is 0 Å². The number of hydrogen-bond acceptors (Lipinski definition) is 3. The van der Waals surface area contributed by atoms with Crippen molar-refractivity contribution in [3.8, 4) is 0 Å². The van der Waals surface area contributed by atoms with Crippen molar-refractivity contribution in [1.82, 2.24) is 10.2 Å². The maximum atomic E-state index is 12.2. The Bertz CT molecular complexity index is 367. The number of carbonyl (C=O) groups excluding carboxylic acids is 1. The predicted molar refractivity (Wildman–Crippen MR) is 78.5 cm³/mol. The smallest absolute Gasteiger partial charge is 0.410 e. The highest BCUT2D eigenvalue weighted by molar-refractivity contribution is 5.68. The SMILES string of the molecule is CC(C)(C)OC(=O)N1CCCC(CC2C3CNCC32)C1. The molecule has 1 saturated carbocycles. The first kappa shape index (κ1) is 14.2. The van der Waals surface area contributed by atoms with Gasteiger partial charge in [0.15, 0.2) is 0 Å². The molecule has 2 saturated heterocycles. The van der Waals surface area contributed by atoms with Gasteiger partial charge in [0.05, 0.1) is 0 Å². The molecule has 3 fully saturated rings. The van der Waals surface area contributed by atoms with Gasteiger partial charge in [-0.1, -0.05) is 0 Å². The van der Waals surface area contributed by atoms with Crippen LogP contribution in [-0.4, -0.2) is 42.8 Å². The molecule has 1 amide bonds. The Labute approximate surface area is 122 Å². The number of carbonyl (C=O) groups is 1. The van der Waals surface area contributed by atoms with Gasteiger partial charge >= 0.3 is 6.09 Å². The molecule has 3 rings (SSSR count). The molecule has 1 aliphatic carbocycles. The van der Waals surface area contributed by atoms with E-state index in [0.29, 0.717) is 5.92 Å². The van der Waals surface area contributed by atoms with Crippen LogP contribution in [0.4, 0.5) is 4.79 Å². The molecule has 4 nitrogen and oxygen atoms in total. The molecule has 0 aromatic rings. The summed E-state index contributed by atoms with van der Waals surface area (Å²) in [5, 5.41) is 3.46. The first-order valence-electron chi connectivity index (χ1n) is 8.13. The average Bonchev–Trinajstić information content (AvgIpc) is 2.82. The van der Waals surface area contributed by atoms with Gasteiger partial charge in [0.2, 0.25) is 0 Å². The van der Waals surface area contributed by atoms with E-state index in [0.717, 1.165) is 37.3 Å². The number of likely N-dealkylation sites (tertiary alicyclic amines) is 1. The van der Waals surface area contributed by atoms with E-state index < -0.39 is 0 Å². The van der Waals surface area contributed by atoms with Crippen molar-refractivity contribution in [2.24, 2.45) is 23.7 Å². The lowest BCUT2D eigenvalue weighted by molar-refractivity contribution is 0.0157. The molecule has 3 unspecified atom stereocenters. The lowest BCUT2D eigenvalue weighted by atomic mass is 9.91. The van der Waals surface area contributed by atoms with E-state index in [1.54, 1.807) is 0 Å². The van der Waals surface area contributed by atoms with Gasteiger partial charge in [-0.3, -0.25) is 0 Å². The molecule has 4 heteroatoms. The summed E-state index contributed by atoms with van der Waals surface area (Å²) < 4.78 is 5.50. The van der Waals surface area contributed by atoms with Crippen LogP contribution in [0.2, 0.25) is 0 Å². The highest BCUT2D eigenvalue weighted by atomic mass is 16.6. The fourth-order valence-electron chi connectivity index (χ4n) is 4.03. The molecule has 2 aliphatic heterocycles. The van der Waals surface area contributed by atoms with Crippen molar-refractivity contribution in [2.45, 2.75) is 45.6 Å². The minimum absolute atomic E-state index is 0.125. The fraction of sp³-hybridized carbons (Fsp3) is 0.938. The van der Waals surface area contributed by atoms with E-state index in [4.69, 9.17) is 4.74 Å². The molecule has 0 aromatic heterocycles. The number of ether oxygens (including phenoxy) is 1. The zero-order chi connectivity index (χ0) is 14.3. The third kappa shape index (κ3) is 3.11. The molecule has 114 valence electrons. The van der Waals surface area contributed by atoms with Crippen molar-refractivity contribution in [2.75, 3.05) is 26.2 Å². The van der Waals surface area contributed by atoms with Crippen LogP contribution in [0.1, 0.15) is 40.0 Å². The second kappa shape index (κ2) is 5.21. The Morgan fingerprint density at radius 3 is 2.65 bits per heavy atom. The maximum Gasteiger partial charge on any atom is 0.410 e. The number of amides is 1. The summed E-state index contributed by atoms with van der Waals surface area (Å²) in [6.07, 6.45) is 3.60. The molecule has 3 aliphatic rings. The van der Waals surface area contributed by atoms with Crippen LogP contribution in [0.25, 0.3) is 0 Å². The van der Waals surface area contributed by atoms with Crippen LogP contribution in [0.3, 0.4) is 0 Å². The van der Waals surface area contributed by atoms with Gasteiger partial charge in [-0.2, -0.15) is 0 Å². The molecule has 1 N–H and O–H groups in total. The quantitative estimate of drug-likeness (QED) is 0.845. The third-order valence-corrected chi connectivity index (χ3v) is 5.05. The van der Waals surface area contributed by atoms with Crippen LogP contribution in [0.5, 0.6) is 0 Å². The van der Waals surface area contributed by atoms with E-state index >= 15 is 0 Å². The van der Waals surface area contributed by atoms with Crippen LogP contribution in [0, 0.1) is 23.7 Å². The van der Waals surface area contributed by atoms with E-state index in [9.17, 15) is 4.79 Å². The standard InChI is InChI=1S/C16H28N2O2/c1-16(2,3)20-15(19)18-6-4-5-11(10-18)7-12-13-8-17-9-14(12)13/h11-14,17H,4-10H2,1-3H3. The van der Waals surface area contributed by atoms with Gasteiger partial charge in [-0.05, 0) is 76.8 Å². The highest BCUT2D eigenvalue weighted by Gasteiger charge is 2.53. The van der Waals surface area contributed by atoms with Crippen molar-refractivity contribution < 1.29 is 9.53 Å². The number of nitrogens with zero attached hydrogens (tertiary/aromatic N) is 1. The third-order valence-electron chi connectivity index (χ3n) is 5.05. The maximum absolute atomic E-state index is 12.2. The molecule has 0 aromatic carbocycles. The highest BCUT2D eigenvalue weighted by Crippen LogP contribution is 2.52. The Balaban J connectivity index is 1.48. The number of piperidine rings is 2. The fourth-order valence-corrected chi connectivity index (χ4v) is 4.03. The molecular formula is C16H28N2O2. The van der Waals surface area contributed by atoms with Crippen LogP contribution >= 0.6 is 0 Å². The molecular weight excluding hydrogens is 252 g/mol. The second-order valence-corrected chi connectivity index (χ2v) is 7.82. The summed E-state index contributed by atoms with van der Waals surface area (Å²) in [5.74, 6) is 3.49. The number of fused-ring (bicyclic) bond motifs is 1. The first-order valence-corrected chi connectivity index (χ1v) is 8.13. The van der Waals surface area contributed by atoms with Gasteiger partial charge in [-0.15, -0.1) is 0 Å². The number of hydrogen-bond donors (Lipinski definition) is 1. The van der Waals surface area contributed by atoms with Crippen molar-refractivity contribution in [3.63, 3.8) is 0 Å². The van der Waals surface area contributed by atoms with Crippen molar-refractivity contribution in [1.29, 1.82) is 0 Å². The van der Waals surface area contributed by atoms with Crippen LogP contribution < -0.4 is 5.32 Å². The lowest BCUT2D eigenvalue weighted by Crippen LogP contribution is -2.43. The molecule has 2 heterocycles. The zero-order valence-electron chi connectivity index (χ0n) is 13.0. The van der Waals surface area contributed by atoms with Gasteiger partial charge in [-0.25, -0.2) is 4.79 Å². The minimum Gasteiger partial charge on any atom is -0.444 e. The van der Waals surface area contributed by atoms with Gasteiger partial charge in [0.25, 0.3) is 0 Å². The van der Waals surface area contributed by atoms with E-state index in [2.05, 4.69) is 5.32 Å². The Morgan fingerprint density at radius 2 is 2.00 bits per heavy atom. The molecule has 3 atom stereocenters.